The van der Waals surface area contributed by atoms with Gasteiger partial charge in [0.05, 0.1) is 12.5 Å². The first-order valence-corrected chi connectivity index (χ1v) is 7.99. The third-order valence-corrected chi connectivity index (χ3v) is 4.47. The average molecular weight is 281 g/mol. The predicted molar refractivity (Wildman–Crippen MR) is 78.2 cm³/mol. The molecule has 2 fully saturated rings. The second-order valence-electron chi connectivity index (χ2n) is 5.94. The van der Waals surface area contributed by atoms with Gasteiger partial charge in [0, 0.05) is 26.2 Å². The summed E-state index contributed by atoms with van der Waals surface area (Å²) in [5.41, 5.74) is 0. The molecule has 1 atom stereocenters. The quantitative estimate of drug-likeness (QED) is 0.787. The minimum absolute atomic E-state index is 0.000577. The molecule has 1 saturated carbocycles. The van der Waals surface area contributed by atoms with Crippen LogP contribution in [0.2, 0.25) is 0 Å². The summed E-state index contributed by atoms with van der Waals surface area (Å²) in [5.74, 6) is 0.695. The fourth-order valence-corrected chi connectivity index (χ4v) is 3.17. The number of carbonyl (C=O) groups excluding carboxylic acids is 2. The number of likely N-dealkylation sites (N-methyl/N-ethyl adjacent to an activating group) is 1. The van der Waals surface area contributed by atoms with Crippen molar-refractivity contribution in [1.29, 1.82) is 0 Å². The van der Waals surface area contributed by atoms with E-state index in [0.717, 1.165) is 26.2 Å². The lowest BCUT2D eigenvalue weighted by molar-refractivity contribution is -0.138. The summed E-state index contributed by atoms with van der Waals surface area (Å²) in [6.45, 7) is 5.00. The maximum absolute atomic E-state index is 12.1. The molecule has 1 unspecified atom stereocenters. The maximum Gasteiger partial charge on any atom is 0.240 e. The van der Waals surface area contributed by atoms with Gasteiger partial charge in [0.15, 0.2) is 0 Å². The number of rotatable bonds is 5. The van der Waals surface area contributed by atoms with E-state index < -0.39 is 0 Å². The van der Waals surface area contributed by atoms with Crippen molar-refractivity contribution in [3.8, 4) is 0 Å². The summed E-state index contributed by atoms with van der Waals surface area (Å²) >= 11 is 0. The summed E-state index contributed by atoms with van der Waals surface area (Å²) < 4.78 is 0. The zero-order chi connectivity index (χ0) is 14.4. The van der Waals surface area contributed by atoms with Gasteiger partial charge >= 0.3 is 0 Å². The van der Waals surface area contributed by atoms with Crippen molar-refractivity contribution < 1.29 is 9.59 Å². The summed E-state index contributed by atoms with van der Waals surface area (Å²) in [4.78, 5) is 25.9. The van der Waals surface area contributed by atoms with Crippen molar-refractivity contribution in [2.24, 2.45) is 5.92 Å². The van der Waals surface area contributed by atoms with Crippen LogP contribution in [0, 0.1) is 5.92 Å². The zero-order valence-electron chi connectivity index (χ0n) is 12.5. The van der Waals surface area contributed by atoms with Crippen LogP contribution in [-0.2, 0) is 9.59 Å². The van der Waals surface area contributed by atoms with Crippen molar-refractivity contribution in [2.75, 3.05) is 26.2 Å². The Morgan fingerprint density at radius 2 is 2.10 bits per heavy atom. The van der Waals surface area contributed by atoms with Crippen molar-refractivity contribution in [3.63, 3.8) is 0 Å². The van der Waals surface area contributed by atoms with Crippen LogP contribution in [-0.4, -0.2) is 48.9 Å². The van der Waals surface area contributed by atoms with Crippen LogP contribution < -0.4 is 10.6 Å². The first kappa shape index (κ1) is 15.3. The molecule has 0 aromatic carbocycles. The van der Waals surface area contributed by atoms with E-state index in [1.54, 1.807) is 0 Å². The lowest BCUT2D eigenvalue weighted by Gasteiger charge is -2.32. The summed E-state index contributed by atoms with van der Waals surface area (Å²) in [5, 5.41) is 6.15. The van der Waals surface area contributed by atoms with Crippen LogP contribution in [0.15, 0.2) is 0 Å². The van der Waals surface area contributed by atoms with Crippen LogP contribution in [0.4, 0.5) is 0 Å². The molecule has 2 amide bonds. The number of nitrogens with one attached hydrogen (secondary N) is 2. The highest BCUT2D eigenvalue weighted by atomic mass is 16.2. The molecule has 0 spiro atoms. The Labute approximate surface area is 121 Å². The van der Waals surface area contributed by atoms with Gasteiger partial charge in [-0.1, -0.05) is 19.3 Å². The third-order valence-electron chi connectivity index (χ3n) is 4.47. The molecule has 1 heterocycles. The van der Waals surface area contributed by atoms with E-state index in [4.69, 9.17) is 0 Å². The van der Waals surface area contributed by atoms with E-state index in [9.17, 15) is 9.59 Å². The first-order chi connectivity index (χ1) is 9.70. The second kappa shape index (κ2) is 7.62. The lowest BCUT2D eigenvalue weighted by atomic mass is 9.89. The molecule has 0 aromatic rings. The second-order valence-corrected chi connectivity index (χ2v) is 5.94. The normalized spacial score (nSPS) is 24.8. The van der Waals surface area contributed by atoms with Crippen LogP contribution in [0.1, 0.15) is 45.4 Å². The average Bonchev–Trinajstić information content (AvgIpc) is 2.48. The largest absolute Gasteiger partial charge is 0.356 e. The molecule has 1 aliphatic heterocycles. The van der Waals surface area contributed by atoms with Crippen LogP contribution in [0.5, 0.6) is 0 Å². The Hall–Kier alpha value is -1.10. The Bertz CT molecular complexity index is 340. The Kier molecular flexibility index (Phi) is 5.83. The van der Waals surface area contributed by atoms with Crippen LogP contribution in [0.3, 0.4) is 0 Å². The SMILES string of the molecule is CCN1CCNC(CC(=O)NCC2CCCCC2)C1=O. The standard InChI is InChI=1S/C15H27N3O2/c1-2-18-9-8-16-13(15(18)20)10-14(19)17-11-12-6-4-3-5-7-12/h12-13,16H,2-11H2,1H3,(H,17,19). The van der Waals surface area contributed by atoms with E-state index in [2.05, 4.69) is 10.6 Å². The first-order valence-electron chi connectivity index (χ1n) is 7.99. The Balaban J connectivity index is 1.71. The molecule has 5 nitrogen and oxygen atoms in total. The number of nitrogens with zero attached hydrogens (tertiary/aromatic N) is 1. The number of piperazine rings is 1. The van der Waals surface area contributed by atoms with Gasteiger partial charge in [-0.2, -0.15) is 0 Å². The summed E-state index contributed by atoms with van der Waals surface area (Å²) in [7, 11) is 0. The predicted octanol–water partition coefficient (Wildman–Crippen LogP) is 0.893. The highest BCUT2D eigenvalue weighted by molar-refractivity contribution is 5.88. The van der Waals surface area contributed by atoms with E-state index >= 15 is 0 Å². The van der Waals surface area contributed by atoms with Gasteiger partial charge in [0.1, 0.15) is 0 Å². The van der Waals surface area contributed by atoms with Crippen molar-refractivity contribution in [3.05, 3.63) is 0 Å². The molecular weight excluding hydrogens is 254 g/mol. The van der Waals surface area contributed by atoms with Gasteiger partial charge < -0.3 is 15.5 Å². The van der Waals surface area contributed by atoms with E-state index in [1.807, 2.05) is 11.8 Å². The van der Waals surface area contributed by atoms with Gasteiger partial charge in [-0.15, -0.1) is 0 Å². The maximum atomic E-state index is 12.1. The van der Waals surface area contributed by atoms with Crippen molar-refractivity contribution in [2.45, 2.75) is 51.5 Å². The number of hydrogen-bond donors (Lipinski definition) is 2. The van der Waals surface area contributed by atoms with Crippen LogP contribution in [0.25, 0.3) is 0 Å². The van der Waals surface area contributed by atoms with E-state index in [1.165, 1.54) is 32.1 Å². The summed E-state index contributed by atoms with van der Waals surface area (Å²) in [6, 6.07) is -0.338. The van der Waals surface area contributed by atoms with Gasteiger partial charge in [-0.25, -0.2) is 0 Å². The molecule has 5 heteroatoms. The smallest absolute Gasteiger partial charge is 0.240 e. The number of amides is 2. The molecule has 0 bridgehead atoms. The van der Waals surface area contributed by atoms with Gasteiger partial charge in [0.2, 0.25) is 11.8 Å². The minimum atomic E-state index is -0.338. The molecule has 0 radical (unpaired) electrons. The third kappa shape index (κ3) is 4.20. The fourth-order valence-electron chi connectivity index (χ4n) is 3.17. The highest BCUT2D eigenvalue weighted by Crippen LogP contribution is 2.22. The Morgan fingerprint density at radius 3 is 2.80 bits per heavy atom. The molecule has 2 N–H and O–H groups in total. The monoisotopic (exact) mass is 281 g/mol. The molecule has 2 aliphatic rings. The molecular formula is C15H27N3O2. The molecule has 0 aromatic heterocycles. The van der Waals surface area contributed by atoms with Crippen LogP contribution >= 0.6 is 0 Å². The highest BCUT2D eigenvalue weighted by Gasteiger charge is 2.29. The van der Waals surface area contributed by atoms with Gasteiger partial charge in [-0.3, -0.25) is 9.59 Å². The van der Waals surface area contributed by atoms with Gasteiger partial charge in [-0.05, 0) is 25.7 Å². The van der Waals surface area contributed by atoms with Crippen molar-refractivity contribution in [1.82, 2.24) is 15.5 Å². The summed E-state index contributed by atoms with van der Waals surface area (Å²) in [6.07, 6.45) is 6.62. The van der Waals surface area contributed by atoms with E-state index in [-0.39, 0.29) is 24.3 Å². The molecule has 20 heavy (non-hydrogen) atoms. The fraction of sp³-hybridized carbons (Fsp3) is 0.867. The Morgan fingerprint density at radius 1 is 1.35 bits per heavy atom. The number of carbonyl (C=O) groups is 2. The molecule has 114 valence electrons. The van der Waals surface area contributed by atoms with Gasteiger partial charge in [0.25, 0.3) is 0 Å². The molecule has 1 saturated heterocycles. The molecule has 1 aliphatic carbocycles. The lowest BCUT2D eigenvalue weighted by Crippen LogP contribution is -2.56. The minimum Gasteiger partial charge on any atom is -0.356 e. The zero-order valence-corrected chi connectivity index (χ0v) is 12.5. The van der Waals surface area contributed by atoms with E-state index in [0.29, 0.717) is 5.92 Å². The number of hydrogen-bond acceptors (Lipinski definition) is 3. The molecule has 2 rings (SSSR count). The van der Waals surface area contributed by atoms with Crippen molar-refractivity contribution >= 4 is 11.8 Å². The topological polar surface area (TPSA) is 61.4 Å².